The molecule has 1 saturated heterocycles. The monoisotopic (exact) mass is 265 g/mol. The molecule has 0 amide bonds. The Labute approximate surface area is 114 Å². The van der Waals surface area contributed by atoms with Crippen LogP contribution in [0.3, 0.4) is 0 Å². The molecule has 7 nitrogen and oxygen atoms in total. The Hall–Kier alpha value is -1.44. The fourth-order valence-electron chi connectivity index (χ4n) is 2.12. The maximum Gasteiger partial charge on any atom is 0.160 e. The summed E-state index contributed by atoms with van der Waals surface area (Å²) >= 11 is 0. The van der Waals surface area contributed by atoms with Crippen LogP contribution in [-0.2, 0) is 0 Å². The molecule has 0 aliphatic carbocycles. The van der Waals surface area contributed by atoms with Crippen LogP contribution < -0.4 is 16.2 Å². The molecule has 0 unspecified atom stereocenters. The van der Waals surface area contributed by atoms with Crippen molar-refractivity contribution < 1.29 is 0 Å². The molecule has 1 aromatic rings. The van der Waals surface area contributed by atoms with E-state index < -0.39 is 0 Å². The molecule has 0 aromatic carbocycles. The number of piperazine rings is 1. The van der Waals surface area contributed by atoms with Gasteiger partial charge in [0.15, 0.2) is 5.82 Å². The summed E-state index contributed by atoms with van der Waals surface area (Å²) in [4.78, 5) is 15.5. The van der Waals surface area contributed by atoms with Crippen molar-refractivity contribution in [2.75, 3.05) is 63.7 Å². The van der Waals surface area contributed by atoms with Gasteiger partial charge in [-0.25, -0.2) is 10.8 Å². The Bertz CT molecular complexity index is 387. The number of aromatic nitrogens is 2. The summed E-state index contributed by atoms with van der Waals surface area (Å²) in [6, 6.07) is 0. The third-order valence-corrected chi connectivity index (χ3v) is 3.33. The highest BCUT2D eigenvalue weighted by atomic mass is 15.3. The van der Waals surface area contributed by atoms with Gasteiger partial charge in [-0.05, 0) is 14.1 Å². The minimum Gasteiger partial charge on any atom is -0.353 e. The largest absolute Gasteiger partial charge is 0.353 e. The summed E-state index contributed by atoms with van der Waals surface area (Å²) in [5.74, 6) is 6.85. The predicted molar refractivity (Wildman–Crippen MR) is 77.0 cm³/mol. The Morgan fingerprint density at radius 3 is 2.63 bits per heavy atom. The molecule has 0 atom stereocenters. The number of nitrogens with zero attached hydrogens (tertiary/aromatic N) is 5. The van der Waals surface area contributed by atoms with Crippen molar-refractivity contribution in [1.29, 1.82) is 0 Å². The zero-order valence-corrected chi connectivity index (χ0v) is 11.7. The summed E-state index contributed by atoms with van der Waals surface area (Å²) < 4.78 is 0. The zero-order chi connectivity index (χ0) is 13.7. The molecule has 2 heterocycles. The molecule has 0 saturated carbocycles. The Morgan fingerprint density at radius 1 is 1.26 bits per heavy atom. The van der Waals surface area contributed by atoms with Gasteiger partial charge in [-0.1, -0.05) is 0 Å². The van der Waals surface area contributed by atoms with Gasteiger partial charge in [-0.3, -0.25) is 9.88 Å². The number of likely N-dealkylation sites (N-methyl/N-ethyl adjacent to an activating group) is 1. The third-order valence-electron chi connectivity index (χ3n) is 3.33. The Kier molecular flexibility index (Phi) is 4.89. The lowest BCUT2D eigenvalue weighted by molar-refractivity contribution is 0.229. The van der Waals surface area contributed by atoms with Gasteiger partial charge in [-0.2, -0.15) is 0 Å². The Balaban J connectivity index is 1.85. The minimum atomic E-state index is 0.604. The highest BCUT2D eigenvalue weighted by Crippen LogP contribution is 2.14. The molecular weight excluding hydrogens is 242 g/mol. The van der Waals surface area contributed by atoms with E-state index in [0.29, 0.717) is 5.82 Å². The number of nitrogens with two attached hydrogens (primary N) is 1. The number of rotatable bonds is 5. The van der Waals surface area contributed by atoms with Crippen LogP contribution in [-0.4, -0.2) is 73.1 Å². The normalized spacial score (nSPS) is 16.9. The summed E-state index contributed by atoms with van der Waals surface area (Å²) in [6.45, 7) is 6.32. The van der Waals surface area contributed by atoms with Gasteiger partial charge in [0.05, 0.1) is 12.4 Å². The van der Waals surface area contributed by atoms with Crippen molar-refractivity contribution in [3.8, 4) is 0 Å². The van der Waals surface area contributed by atoms with Gasteiger partial charge < -0.3 is 15.2 Å². The van der Waals surface area contributed by atoms with Gasteiger partial charge in [-0.15, -0.1) is 0 Å². The van der Waals surface area contributed by atoms with Gasteiger partial charge in [0.25, 0.3) is 0 Å². The molecule has 1 aromatic heterocycles. The van der Waals surface area contributed by atoms with Crippen molar-refractivity contribution in [3.63, 3.8) is 0 Å². The van der Waals surface area contributed by atoms with Gasteiger partial charge >= 0.3 is 0 Å². The van der Waals surface area contributed by atoms with E-state index in [9.17, 15) is 0 Å². The van der Waals surface area contributed by atoms with E-state index in [-0.39, 0.29) is 0 Å². The zero-order valence-electron chi connectivity index (χ0n) is 11.7. The molecule has 1 aliphatic heterocycles. The van der Waals surface area contributed by atoms with Gasteiger partial charge in [0.2, 0.25) is 0 Å². The first-order valence-corrected chi connectivity index (χ1v) is 6.60. The molecule has 19 heavy (non-hydrogen) atoms. The SMILES string of the molecule is CN(C)CCN1CCN(c2cncc(NN)n2)CC1. The molecule has 2 rings (SSSR count). The van der Waals surface area contributed by atoms with E-state index in [1.807, 2.05) is 0 Å². The highest BCUT2D eigenvalue weighted by Gasteiger charge is 2.18. The predicted octanol–water partition coefficient (Wildman–Crippen LogP) is -0.554. The highest BCUT2D eigenvalue weighted by molar-refractivity contribution is 5.43. The van der Waals surface area contributed by atoms with Crippen molar-refractivity contribution in [3.05, 3.63) is 12.4 Å². The van der Waals surface area contributed by atoms with Crippen molar-refractivity contribution in [2.45, 2.75) is 0 Å². The summed E-state index contributed by atoms with van der Waals surface area (Å²) in [5.41, 5.74) is 2.53. The van der Waals surface area contributed by atoms with Crippen LogP contribution in [0.25, 0.3) is 0 Å². The van der Waals surface area contributed by atoms with Crippen LogP contribution in [0.5, 0.6) is 0 Å². The lowest BCUT2D eigenvalue weighted by Crippen LogP contribution is -2.48. The quantitative estimate of drug-likeness (QED) is 0.546. The molecule has 0 bridgehead atoms. The lowest BCUT2D eigenvalue weighted by Gasteiger charge is -2.35. The maximum atomic E-state index is 5.35. The molecule has 0 spiro atoms. The van der Waals surface area contributed by atoms with E-state index >= 15 is 0 Å². The average Bonchev–Trinajstić information content (AvgIpc) is 2.45. The number of hydrogen-bond donors (Lipinski definition) is 2. The van der Waals surface area contributed by atoms with Crippen LogP contribution >= 0.6 is 0 Å². The molecular formula is C12H23N7. The van der Waals surface area contributed by atoms with Crippen LogP contribution in [0.2, 0.25) is 0 Å². The van der Waals surface area contributed by atoms with Crippen LogP contribution in [0.4, 0.5) is 11.6 Å². The second-order valence-electron chi connectivity index (χ2n) is 5.04. The minimum absolute atomic E-state index is 0.604. The molecule has 7 heteroatoms. The standard InChI is InChI=1S/C12H23N7/c1-17(2)3-4-18-5-7-19(8-6-18)12-10-14-9-11(15-12)16-13/h9-10H,3-8,13H2,1-2H3,(H,15,16). The maximum absolute atomic E-state index is 5.35. The summed E-state index contributed by atoms with van der Waals surface area (Å²) in [7, 11) is 4.22. The van der Waals surface area contributed by atoms with E-state index in [1.54, 1.807) is 12.4 Å². The fraction of sp³-hybridized carbons (Fsp3) is 0.667. The first-order chi connectivity index (χ1) is 9.19. The van der Waals surface area contributed by atoms with E-state index in [2.05, 4.69) is 44.2 Å². The lowest BCUT2D eigenvalue weighted by atomic mass is 10.3. The first-order valence-electron chi connectivity index (χ1n) is 6.60. The number of nitrogens with one attached hydrogen (secondary N) is 1. The second-order valence-corrected chi connectivity index (χ2v) is 5.04. The van der Waals surface area contributed by atoms with E-state index in [1.165, 1.54) is 0 Å². The topological polar surface area (TPSA) is 73.5 Å². The third kappa shape index (κ3) is 4.02. The Morgan fingerprint density at radius 2 is 2.00 bits per heavy atom. The molecule has 0 radical (unpaired) electrons. The van der Waals surface area contributed by atoms with Crippen LogP contribution in [0.1, 0.15) is 0 Å². The summed E-state index contributed by atoms with van der Waals surface area (Å²) in [6.07, 6.45) is 3.41. The number of nitrogen functional groups attached to an aromatic ring is 1. The number of hydrazine groups is 1. The molecule has 3 N–H and O–H groups in total. The smallest absolute Gasteiger partial charge is 0.160 e. The van der Waals surface area contributed by atoms with E-state index in [0.717, 1.165) is 45.1 Å². The van der Waals surface area contributed by atoms with Crippen molar-refractivity contribution >= 4 is 11.6 Å². The summed E-state index contributed by atoms with van der Waals surface area (Å²) in [5, 5.41) is 0. The van der Waals surface area contributed by atoms with Crippen LogP contribution in [0, 0.1) is 0 Å². The fourth-order valence-corrected chi connectivity index (χ4v) is 2.12. The first kappa shape index (κ1) is 14.0. The average molecular weight is 265 g/mol. The van der Waals surface area contributed by atoms with Crippen molar-refractivity contribution in [1.82, 2.24) is 19.8 Å². The number of hydrogen-bond acceptors (Lipinski definition) is 7. The second kappa shape index (κ2) is 6.65. The van der Waals surface area contributed by atoms with Crippen LogP contribution in [0.15, 0.2) is 12.4 Å². The van der Waals surface area contributed by atoms with Crippen molar-refractivity contribution in [2.24, 2.45) is 5.84 Å². The molecule has 1 aliphatic rings. The van der Waals surface area contributed by atoms with E-state index in [4.69, 9.17) is 5.84 Å². The molecule has 1 fully saturated rings. The van der Waals surface area contributed by atoms with Gasteiger partial charge in [0, 0.05) is 39.3 Å². The number of anilines is 2. The van der Waals surface area contributed by atoms with Gasteiger partial charge in [0.1, 0.15) is 5.82 Å². The molecule has 106 valence electrons.